The van der Waals surface area contributed by atoms with Gasteiger partial charge in [-0.05, 0) is 37.3 Å². The van der Waals surface area contributed by atoms with E-state index >= 15 is 0 Å². The highest BCUT2D eigenvalue weighted by atomic mass is 16.1. The summed E-state index contributed by atoms with van der Waals surface area (Å²) in [4.78, 5) is 22.6. The minimum absolute atomic E-state index is 0.0594. The molecule has 5 nitrogen and oxygen atoms in total. The van der Waals surface area contributed by atoms with Crippen LogP contribution < -0.4 is 10.2 Å². The van der Waals surface area contributed by atoms with Gasteiger partial charge in [-0.25, -0.2) is 4.98 Å². The lowest BCUT2D eigenvalue weighted by Crippen LogP contribution is -2.43. The number of carbonyl (C=O) groups is 1. The second-order valence-electron chi connectivity index (χ2n) is 6.84. The molecule has 124 valence electrons. The number of hydrogen-bond donors (Lipinski definition) is 2. The van der Waals surface area contributed by atoms with Crippen LogP contribution in [0, 0.1) is 11.8 Å². The molecular weight excluding hydrogens is 288 g/mol. The lowest BCUT2D eigenvalue weighted by atomic mass is 9.97. The Morgan fingerprint density at radius 2 is 2.26 bits per heavy atom. The van der Waals surface area contributed by atoms with Crippen LogP contribution >= 0.6 is 0 Å². The van der Waals surface area contributed by atoms with Crippen molar-refractivity contribution in [2.45, 2.75) is 33.1 Å². The zero-order chi connectivity index (χ0) is 16.2. The SMILES string of the molecule is CC(C)CCNC(=O)[C@@H]1CCCN(c2nc3ccccc3[nH]2)C1. The Labute approximate surface area is 137 Å². The topological polar surface area (TPSA) is 61.0 Å². The predicted molar refractivity (Wildman–Crippen MR) is 93.5 cm³/mol. The molecule has 1 aliphatic rings. The molecule has 1 saturated heterocycles. The Balaban J connectivity index is 1.62. The number of aromatic amines is 1. The average molecular weight is 314 g/mol. The molecule has 0 aliphatic carbocycles. The van der Waals surface area contributed by atoms with E-state index in [1.54, 1.807) is 0 Å². The van der Waals surface area contributed by atoms with Crippen molar-refractivity contribution in [2.75, 3.05) is 24.5 Å². The van der Waals surface area contributed by atoms with Crippen molar-refractivity contribution in [3.05, 3.63) is 24.3 Å². The van der Waals surface area contributed by atoms with Gasteiger partial charge >= 0.3 is 0 Å². The Morgan fingerprint density at radius 1 is 1.43 bits per heavy atom. The van der Waals surface area contributed by atoms with E-state index in [0.29, 0.717) is 5.92 Å². The number of aromatic nitrogens is 2. The van der Waals surface area contributed by atoms with Gasteiger partial charge in [0, 0.05) is 19.6 Å². The quantitative estimate of drug-likeness (QED) is 0.892. The number of carbonyl (C=O) groups excluding carboxylic acids is 1. The number of imidazole rings is 1. The number of H-pyrrole nitrogens is 1. The summed E-state index contributed by atoms with van der Waals surface area (Å²) in [6.07, 6.45) is 3.02. The Bertz CT molecular complexity index is 631. The maximum absolute atomic E-state index is 12.4. The van der Waals surface area contributed by atoms with Gasteiger partial charge in [0.05, 0.1) is 17.0 Å². The van der Waals surface area contributed by atoms with Crippen molar-refractivity contribution in [3.8, 4) is 0 Å². The van der Waals surface area contributed by atoms with Gasteiger partial charge in [0.1, 0.15) is 0 Å². The van der Waals surface area contributed by atoms with E-state index in [2.05, 4.69) is 34.0 Å². The molecule has 0 unspecified atom stereocenters. The first-order chi connectivity index (χ1) is 11.1. The monoisotopic (exact) mass is 314 g/mol. The Kier molecular flexibility index (Phi) is 4.84. The molecule has 1 atom stereocenters. The third-order valence-electron chi connectivity index (χ3n) is 4.49. The fraction of sp³-hybridized carbons (Fsp3) is 0.556. The minimum atomic E-state index is 0.0594. The minimum Gasteiger partial charge on any atom is -0.356 e. The van der Waals surface area contributed by atoms with Crippen LogP contribution in [0.1, 0.15) is 33.1 Å². The van der Waals surface area contributed by atoms with E-state index in [0.717, 1.165) is 55.9 Å². The number of amides is 1. The number of nitrogens with one attached hydrogen (secondary N) is 2. The summed E-state index contributed by atoms with van der Waals surface area (Å²) in [7, 11) is 0. The van der Waals surface area contributed by atoms with Gasteiger partial charge in [-0.3, -0.25) is 4.79 Å². The highest BCUT2D eigenvalue weighted by Crippen LogP contribution is 2.23. The maximum atomic E-state index is 12.4. The van der Waals surface area contributed by atoms with Crippen LogP contribution in [0.5, 0.6) is 0 Å². The predicted octanol–water partition coefficient (Wildman–Crippen LogP) is 2.94. The van der Waals surface area contributed by atoms with E-state index in [1.165, 1.54) is 0 Å². The number of rotatable bonds is 5. The van der Waals surface area contributed by atoms with Crippen molar-refractivity contribution in [1.82, 2.24) is 15.3 Å². The molecule has 5 heteroatoms. The van der Waals surface area contributed by atoms with Gasteiger partial charge in [-0.15, -0.1) is 0 Å². The number of nitrogens with zero attached hydrogens (tertiary/aromatic N) is 2. The van der Waals surface area contributed by atoms with Gasteiger partial charge in [0.25, 0.3) is 0 Å². The molecule has 1 aromatic heterocycles. The van der Waals surface area contributed by atoms with E-state index in [1.807, 2.05) is 24.3 Å². The number of fused-ring (bicyclic) bond motifs is 1. The Hall–Kier alpha value is -2.04. The molecule has 23 heavy (non-hydrogen) atoms. The first kappa shape index (κ1) is 15.8. The van der Waals surface area contributed by atoms with Gasteiger partial charge in [-0.1, -0.05) is 26.0 Å². The van der Waals surface area contributed by atoms with Crippen LogP contribution in [0.3, 0.4) is 0 Å². The molecular formula is C18H26N4O. The first-order valence-corrected chi connectivity index (χ1v) is 8.61. The molecule has 1 aliphatic heterocycles. The Morgan fingerprint density at radius 3 is 3.04 bits per heavy atom. The third kappa shape index (κ3) is 3.84. The molecule has 3 rings (SSSR count). The van der Waals surface area contributed by atoms with Crippen molar-refractivity contribution in [3.63, 3.8) is 0 Å². The van der Waals surface area contributed by atoms with Crippen molar-refractivity contribution in [2.24, 2.45) is 11.8 Å². The molecule has 0 bridgehead atoms. The van der Waals surface area contributed by atoms with E-state index in [4.69, 9.17) is 0 Å². The van der Waals surface area contributed by atoms with Crippen LogP contribution in [-0.2, 0) is 4.79 Å². The lowest BCUT2D eigenvalue weighted by molar-refractivity contribution is -0.125. The summed E-state index contributed by atoms with van der Waals surface area (Å²) in [5.74, 6) is 1.75. The van der Waals surface area contributed by atoms with Gasteiger partial charge < -0.3 is 15.2 Å². The highest BCUT2D eigenvalue weighted by Gasteiger charge is 2.27. The van der Waals surface area contributed by atoms with Crippen molar-refractivity contribution in [1.29, 1.82) is 0 Å². The van der Waals surface area contributed by atoms with E-state index < -0.39 is 0 Å². The number of hydrogen-bond acceptors (Lipinski definition) is 3. The standard InChI is InChI=1S/C18H26N4O/c1-13(2)9-10-19-17(23)14-6-5-11-22(12-14)18-20-15-7-3-4-8-16(15)21-18/h3-4,7-8,13-14H,5-6,9-12H2,1-2H3,(H,19,23)(H,20,21)/t14-/m1/s1. The first-order valence-electron chi connectivity index (χ1n) is 8.61. The molecule has 2 aromatic rings. The van der Waals surface area contributed by atoms with E-state index in [9.17, 15) is 4.79 Å². The molecule has 2 heterocycles. The number of anilines is 1. The van der Waals surface area contributed by atoms with Gasteiger partial charge in [0.2, 0.25) is 11.9 Å². The second kappa shape index (κ2) is 7.02. The molecule has 0 saturated carbocycles. The average Bonchev–Trinajstić information content (AvgIpc) is 2.98. The van der Waals surface area contributed by atoms with Crippen LogP contribution in [-0.4, -0.2) is 35.5 Å². The largest absolute Gasteiger partial charge is 0.356 e. The zero-order valence-corrected chi connectivity index (χ0v) is 14.0. The smallest absolute Gasteiger partial charge is 0.224 e. The summed E-state index contributed by atoms with van der Waals surface area (Å²) < 4.78 is 0. The fourth-order valence-corrected chi connectivity index (χ4v) is 3.10. The summed E-state index contributed by atoms with van der Waals surface area (Å²) in [6.45, 7) is 6.83. The van der Waals surface area contributed by atoms with E-state index in [-0.39, 0.29) is 11.8 Å². The van der Waals surface area contributed by atoms with Crippen molar-refractivity contribution < 1.29 is 4.79 Å². The maximum Gasteiger partial charge on any atom is 0.224 e. The summed E-state index contributed by atoms with van der Waals surface area (Å²) in [5.41, 5.74) is 2.03. The number of para-hydroxylation sites is 2. The number of piperidine rings is 1. The van der Waals surface area contributed by atoms with Gasteiger partial charge in [0.15, 0.2) is 0 Å². The van der Waals surface area contributed by atoms with Crippen LogP contribution in [0.25, 0.3) is 11.0 Å². The normalized spacial score (nSPS) is 18.6. The summed E-state index contributed by atoms with van der Waals surface area (Å²) >= 11 is 0. The van der Waals surface area contributed by atoms with Crippen LogP contribution in [0.4, 0.5) is 5.95 Å². The van der Waals surface area contributed by atoms with Crippen LogP contribution in [0.15, 0.2) is 24.3 Å². The molecule has 1 fully saturated rings. The summed E-state index contributed by atoms with van der Waals surface area (Å²) in [6, 6.07) is 8.04. The van der Waals surface area contributed by atoms with Crippen LogP contribution in [0.2, 0.25) is 0 Å². The van der Waals surface area contributed by atoms with Gasteiger partial charge in [-0.2, -0.15) is 0 Å². The number of benzene rings is 1. The highest BCUT2D eigenvalue weighted by molar-refractivity contribution is 5.80. The fourth-order valence-electron chi connectivity index (χ4n) is 3.10. The lowest BCUT2D eigenvalue weighted by Gasteiger charge is -2.31. The molecule has 2 N–H and O–H groups in total. The zero-order valence-electron chi connectivity index (χ0n) is 14.0. The van der Waals surface area contributed by atoms with Crippen molar-refractivity contribution >= 4 is 22.9 Å². The third-order valence-corrected chi connectivity index (χ3v) is 4.49. The molecule has 1 aromatic carbocycles. The molecule has 1 amide bonds. The molecule has 0 radical (unpaired) electrons. The second-order valence-corrected chi connectivity index (χ2v) is 6.84. The molecule has 0 spiro atoms. The summed E-state index contributed by atoms with van der Waals surface area (Å²) in [5, 5.41) is 3.09.